The van der Waals surface area contributed by atoms with Gasteiger partial charge in [0.15, 0.2) is 11.6 Å². The second-order valence-electron chi connectivity index (χ2n) is 7.79. The molecule has 3 rings (SSSR count). The normalized spacial score (nSPS) is 30.2. The number of fused-ring (bicyclic) bond motifs is 1. The molecule has 0 aromatic heterocycles. The van der Waals surface area contributed by atoms with Gasteiger partial charge in [-0.15, -0.1) is 0 Å². The molecule has 134 valence electrons. The molecule has 2 aliphatic carbocycles. The van der Waals surface area contributed by atoms with E-state index in [-0.39, 0.29) is 5.92 Å². The first-order valence-corrected chi connectivity index (χ1v) is 9.66. The Kier molecular flexibility index (Phi) is 5.91. The number of hydrogen-bond donors (Lipinski definition) is 0. The van der Waals surface area contributed by atoms with E-state index in [4.69, 9.17) is 4.74 Å². The summed E-state index contributed by atoms with van der Waals surface area (Å²) in [5, 5.41) is 0. The molecular formula is C21H30F2O. The van der Waals surface area contributed by atoms with Crippen molar-refractivity contribution in [2.24, 2.45) is 11.8 Å². The molecule has 1 nitrogen and oxygen atoms in total. The number of hydrogen-bond acceptors (Lipinski definition) is 1. The molecule has 2 fully saturated rings. The Labute approximate surface area is 144 Å². The molecule has 0 heterocycles. The van der Waals surface area contributed by atoms with Gasteiger partial charge in [0.25, 0.3) is 0 Å². The Balaban J connectivity index is 1.60. The summed E-state index contributed by atoms with van der Waals surface area (Å²) >= 11 is 0. The molecule has 3 heteroatoms. The average molecular weight is 336 g/mol. The topological polar surface area (TPSA) is 9.23 Å². The average Bonchev–Trinajstić information content (AvgIpc) is 2.60. The Morgan fingerprint density at radius 2 is 1.75 bits per heavy atom. The van der Waals surface area contributed by atoms with Gasteiger partial charge in [0.05, 0.1) is 6.10 Å². The van der Waals surface area contributed by atoms with Crippen molar-refractivity contribution in [3.05, 3.63) is 34.9 Å². The summed E-state index contributed by atoms with van der Waals surface area (Å²) in [6.45, 7) is 4.70. The first-order chi connectivity index (χ1) is 11.6. The summed E-state index contributed by atoms with van der Waals surface area (Å²) in [6, 6.07) is 3.52. The largest absolute Gasteiger partial charge is 0.378 e. The monoisotopic (exact) mass is 336 g/mol. The summed E-state index contributed by atoms with van der Waals surface area (Å²) in [7, 11) is 0. The quantitative estimate of drug-likeness (QED) is 0.587. The molecular weight excluding hydrogens is 306 g/mol. The molecule has 0 spiro atoms. The Morgan fingerprint density at radius 3 is 2.54 bits per heavy atom. The first kappa shape index (κ1) is 17.8. The van der Waals surface area contributed by atoms with Crippen LogP contribution in [0, 0.1) is 30.4 Å². The zero-order chi connectivity index (χ0) is 17.1. The van der Waals surface area contributed by atoms with Gasteiger partial charge in [-0.1, -0.05) is 25.5 Å². The maximum atomic E-state index is 14.3. The Morgan fingerprint density at radius 1 is 1.00 bits per heavy atom. The maximum absolute atomic E-state index is 14.3. The third-order valence-corrected chi connectivity index (χ3v) is 6.16. The van der Waals surface area contributed by atoms with Crippen molar-refractivity contribution in [1.29, 1.82) is 0 Å². The number of unbranched alkanes of at least 4 members (excludes halogenated alkanes) is 1. The van der Waals surface area contributed by atoms with Crippen LogP contribution in [0.5, 0.6) is 0 Å². The molecule has 0 aliphatic heterocycles. The zero-order valence-electron chi connectivity index (χ0n) is 15.0. The lowest BCUT2D eigenvalue weighted by atomic mass is 9.65. The number of benzene rings is 1. The highest BCUT2D eigenvalue weighted by atomic mass is 19.2. The van der Waals surface area contributed by atoms with Crippen LogP contribution < -0.4 is 0 Å². The lowest BCUT2D eigenvalue weighted by Gasteiger charge is -2.42. The predicted octanol–water partition coefficient (Wildman–Crippen LogP) is 6.14. The van der Waals surface area contributed by atoms with E-state index in [1.54, 1.807) is 19.1 Å². The van der Waals surface area contributed by atoms with Gasteiger partial charge >= 0.3 is 0 Å². The summed E-state index contributed by atoms with van der Waals surface area (Å²) in [4.78, 5) is 0. The van der Waals surface area contributed by atoms with E-state index in [0.29, 0.717) is 29.1 Å². The number of rotatable bonds is 5. The number of ether oxygens (including phenoxy) is 1. The SMILES string of the molecule is CCCCOC1CCC2CC(c3ccc(C)c(F)c3F)CCC2C1. The second kappa shape index (κ2) is 7.95. The van der Waals surface area contributed by atoms with Gasteiger partial charge < -0.3 is 4.74 Å². The molecule has 0 bridgehead atoms. The minimum atomic E-state index is -0.664. The highest BCUT2D eigenvalue weighted by molar-refractivity contribution is 5.28. The summed E-state index contributed by atoms with van der Waals surface area (Å²) in [6.07, 6.45) is 9.31. The number of halogens is 2. The van der Waals surface area contributed by atoms with Crippen LogP contribution >= 0.6 is 0 Å². The van der Waals surface area contributed by atoms with Crippen molar-refractivity contribution in [1.82, 2.24) is 0 Å². The second-order valence-corrected chi connectivity index (χ2v) is 7.79. The fourth-order valence-corrected chi connectivity index (χ4v) is 4.65. The van der Waals surface area contributed by atoms with Crippen molar-refractivity contribution in [3.8, 4) is 0 Å². The lowest BCUT2D eigenvalue weighted by Crippen LogP contribution is -2.34. The highest BCUT2D eigenvalue weighted by Crippen LogP contribution is 2.47. The third kappa shape index (κ3) is 3.82. The Hall–Kier alpha value is -0.960. The smallest absolute Gasteiger partial charge is 0.162 e. The summed E-state index contributed by atoms with van der Waals surface area (Å²) in [5.41, 5.74) is 0.993. The predicted molar refractivity (Wildman–Crippen MR) is 93.2 cm³/mol. The third-order valence-electron chi connectivity index (χ3n) is 6.16. The van der Waals surface area contributed by atoms with Crippen LogP contribution in [0.3, 0.4) is 0 Å². The molecule has 0 saturated heterocycles. The van der Waals surface area contributed by atoms with E-state index in [1.807, 2.05) is 0 Å². The highest BCUT2D eigenvalue weighted by Gasteiger charge is 2.37. The molecule has 0 amide bonds. The maximum Gasteiger partial charge on any atom is 0.162 e. The van der Waals surface area contributed by atoms with Crippen LogP contribution in [0.25, 0.3) is 0 Å². The Bertz CT molecular complexity index is 557. The molecule has 4 unspecified atom stereocenters. The van der Waals surface area contributed by atoms with E-state index in [9.17, 15) is 8.78 Å². The van der Waals surface area contributed by atoms with E-state index >= 15 is 0 Å². The van der Waals surface area contributed by atoms with Crippen molar-refractivity contribution < 1.29 is 13.5 Å². The minimum Gasteiger partial charge on any atom is -0.378 e. The zero-order valence-corrected chi connectivity index (χ0v) is 15.0. The van der Waals surface area contributed by atoms with Gasteiger partial charge in [-0.2, -0.15) is 0 Å². The van der Waals surface area contributed by atoms with Crippen molar-refractivity contribution in [2.45, 2.75) is 77.2 Å². The van der Waals surface area contributed by atoms with E-state index in [0.717, 1.165) is 45.1 Å². The van der Waals surface area contributed by atoms with Crippen LogP contribution in [0.1, 0.15) is 75.3 Å². The minimum absolute atomic E-state index is 0.180. The van der Waals surface area contributed by atoms with Crippen LogP contribution in [-0.2, 0) is 4.74 Å². The summed E-state index contributed by atoms with van der Waals surface area (Å²) < 4.78 is 34.2. The van der Waals surface area contributed by atoms with Crippen LogP contribution in [0.2, 0.25) is 0 Å². The van der Waals surface area contributed by atoms with Gasteiger partial charge in [-0.3, -0.25) is 0 Å². The van der Waals surface area contributed by atoms with Crippen molar-refractivity contribution in [3.63, 3.8) is 0 Å². The van der Waals surface area contributed by atoms with Crippen LogP contribution in [0.15, 0.2) is 12.1 Å². The van der Waals surface area contributed by atoms with Gasteiger partial charge in [0.2, 0.25) is 0 Å². The molecule has 0 radical (unpaired) electrons. The fourth-order valence-electron chi connectivity index (χ4n) is 4.65. The molecule has 1 aromatic carbocycles. The molecule has 2 aliphatic rings. The first-order valence-electron chi connectivity index (χ1n) is 9.66. The molecule has 1 aromatic rings. The van der Waals surface area contributed by atoms with E-state index in [1.165, 1.54) is 12.8 Å². The van der Waals surface area contributed by atoms with Gasteiger partial charge in [0.1, 0.15) is 0 Å². The van der Waals surface area contributed by atoms with Gasteiger partial charge in [0, 0.05) is 6.61 Å². The van der Waals surface area contributed by atoms with Gasteiger partial charge in [-0.05, 0) is 80.8 Å². The van der Waals surface area contributed by atoms with Crippen molar-refractivity contribution >= 4 is 0 Å². The molecule has 2 saturated carbocycles. The molecule has 0 N–H and O–H groups in total. The lowest BCUT2D eigenvalue weighted by molar-refractivity contribution is -0.0161. The molecule has 4 atom stereocenters. The van der Waals surface area contributed by atoms with Gasteiger partial charge in [-0.25, -0.2) is 8.78 Å². The van der Waals surface area contributed by atoms with E-state index < -0.39 is 11.6 Å². The summed E-state index contributed by atoms with van der Waals surface area (Å²) in [5.74, 6) is 0.259. The standard InChI is InChI=1S/C21H30F2O/c1-3-4-11-24-18-9-8-15-12-17(7-6-16(15)13-18)19-10-5-14(2)20(22)21(19)23/h5,10,15-18H,3-4,6-9,11-13H2,1-2H3. The fraction of sp³-hybridized carbons (Fsp3) is 0.714. The van der Waals surface area contributed by atoms with E-state index in [2.05, 4.69) is 6.92 Å². The molecule has 24 heavy (non-hydrogen) atoms. The number of aryl methyl sites for hydroxylation is 1. The van der Waals surface area contributed by atoms with Crippen LogP contribution in [-0.4, -0.2) is 12.7 Å². The van der Waals surface area contributed by atoms with Crippen LogP contribution in [0.4, 0.5) is 8.78 Å². The van der Waals surface area contributed by atoms with Crippen molar-refractivity contribution in [2.75, 3.05) is 6.61 Å².